The summed E-state index contributed by atoms with van der Waals surface area (Å²) in [6, 6.07) is 10.3. The number of hydrogen-bond acceptors (Lipinski definition) is 4. The lowest BCUT2D eigenvalue weighted by molar-refractivity contribution is -0.123. The maximum atomic E-state index is 12.7. The summed E-state index contributed by atoms with van der Waals surface area (Å²) in [4.78, 5) is 24.8. The summed E-state index contributed by atoms with van der Waals surface area (Å²) in [5, 5.41) is 5.71. The van der Waals surface area contributed by atoms with E-state index in [0.717, 1.165) is 5.56 Å². The summed E-state index contributed by atoms with van der Waals surface area (Å²) in [5.41, 5.74) is 1.97. The normalized spacial score (nSPS) is 10.9. The molecule has 2 N–H and O–H groups in total. The number of aryl methyl sites for hydroxylation is 1. The van der Waals surface area contributed by atoms with Crippen molar-refractivity contribution in [3.05, 3.63) is 47.5 Å². The average molecular weight is 370 g/mol. The van der Waals surface area contributed by atoms with E-state index in [0.29, 0.717) is 28.4 Å². The molecule has 0 atom stereocenters. The molecule has 0 heterocycles. The highest BCUT2D eigenvalue weighted by Gasteiger charge is 2.21. The molecule has 2 amide bonds. The molecule has 0 aromatic heterocycles. The number of methoxy groups -OCH3 is 2. The van der Waals surface area contributed by atoms with Crippen molar-refractivity contribution in [2.45, 2.75) is 27.7 Å². The van der Waals surface area contributed by atoms with Crippen molar-refractivity contribution in [1.82, 2.24) is 0 Å². The van der Waals surface area contributed by atoms with Gasteiger partial charge >= 0.3 is 0 Å². The summed E-state index contributed by atoms with van der Waals surface area (Å²) in [5.74, 6) is 0.734. The molecular formula is C21H26N2O4. The van der Waals surface area contributed by atoms with E-state index in [1.54, 1.807) is 50.6 Å². The molecule has 0 saturated carbocycles. The zero-order valence-electron chi connectivity index (χ0n) is 16.6. The lowest BCUT2D eigenvalue weighted by atomic mass is 9.95. The van der Waals surface area contributed by atoms with E-state index in [9.17, 15) is 9.59 Å². The number of ether oxygens (including phenoxy) is 2. The van der Waals surface area contributed by atoms with Crippen LogP contribution < -0.4 is 20.1 Å². The van der Waals surface area contributed by atoms with Crippen molar-refractivity contribution in [3.8, 4) is 11.5 Å². The fourth-order valence-corrected chi connectivity index (χ4v) is 2.37. The minimum absolute atomic E-state index is 0.115. The van der Waals surface area contributed by atoms with Gasteiger partial charge in [-0.1, -0.05) is 26.8 Å². The molecular weight excluding hydrogens is 344 g/mol. The Labute approximate surface area is 159 Å². The van der Waals surface area contributed by atoms with Gasteiger partial charge in [-0.15, -0.1) is 0 Å². The largest absolute Gasteiger partial charge is 0.493 e. The Kier molecular flexibility index (Phi) is 6.10. The van der Waals surface area contributed by atoms with E-state index >= 15 is 0 Å². The minimum Gasteiger partial charge on any atom is -0.493 e. The maximum absolute atomic E-state index is 12.7. The van der Waals surface area contributed by atoms with Gasteiger partial charge in [-0.2, -0.15) is 0 Å². The van der Waals surface area contributed by atoms with E-state index in [-0.39, 0.29) is 11.8 Å². The third-order valence-corrected chi connectivity index (χ3v) is 4.04. The van der Waals surface area contributed by atoms with E-state index in [1.165, 1.54) is 0 Å². The van der Waals surface area contributed by atoms with Crippen molar-refractivity contribution in [2.75, 3.05) is 24.9 Å². The molecule has 0 radical (unpaired) electrons. The predicted molar refractivity (Wildman–Crippen MR) is 107 cm³/mol. The molecule has 6 heteroatoms. The summed E-state index contributed by atoms with van der Waals surface area (Å²) in [6.45, 7) is 7.37. The quantitative estimate of drug-likeness (QED) is 0.825. The molecule has 0 aliphatic rings. The standard InChI is InChI=1S/C21H26N2O4/c1-13-10-17(26-5)18(27-6)12-16(13)23-19(24)14-8-7-9-15(11-14)22-20(25)21(2,3)4/h7-12H,1-6H3,(H,22,25)(H,23,24). The Balaban J connectivity index is 2.22. The highest BCUT2D eigenvalue weighted by Crippen LogP contribution is 2.33. The lowest BCUT2D eigenvalue weighted by Gasteiger charge is -2.18. The van der Waals surface area contributed by atoms with Crippen LogP contribution in [0.25, 0.3) is 0 Å². The van der Waals surface area contributed by atoms with Gasteiger partial charge < -0.3 is 20.1 Å². The fraction of sp³-hybridized carbons (Fsp3) is 0.333. The number of amides is 2. The molecule has 2 aromatic rings. The SMILES string of the molecule is COc1cc(C)c(NC(=O)c2cccc(NC(=O)C(C)(C)C)c2)cc1OC. The molecule has 0 bridgehead atoms. The van der Waals surface area contributed by atoms with Crippen molar-refractivity contribution in [2.24, 2.45) is 5.41 Å². The van der Waals surface area contributed by atoms with Crippen LogP contribution in [-0.4, -0.2) is 26.0 Å². The second-order valence-corrected chi connectivity index (χ2v) is 7.26. The third kappa shape index (κ3) is 5.00. The minimum atomic E-state index is -0.519. The Morgan fingerprint density at radius 1 is 0.926 bits per heavy atom. The number of hydrogen-bond donors (Lipinski definition) is 2. The first-order chi connectivity index (χ1) is 12.7. The number of rotatable bonds is 5. The van der Waals surface area contributed by atoms with Gasteiger partial charge in [0.2, 0.25) is 5.91 Å². The second-order valence-electron chi connectivity index (χ2n) is 7.26. The Hall–Kier alpha value is -3.02. The number of anilines is 2. The second kappa shape index (κ2) is 8.12. The number of carbonyl (C=O) groups excluding carboxylic acids is 2. The predicted octanol–water partition coefficient (Wildman–Crippen LogP) is 4.25. The Bertz CT molecular complexity index is 854. The van der Waals surface area contributed by atoms with E-state index in [4.69, 9.17) is 9.47 Å². The molecule has 144 valence electrons. The number of benzene rings is 2. The zero-order chi connectivity index (χ0) is 20.2. The van der Waals surface area contributed by atoms with Gasteiger partial charge in [0.15, 0.2) is 11.5 Å². The third-order valence-electron chi connectivity index (χ3n) is 4.04. The van der Waals surface area contributed by atoms with Crippen LogP contribution in [0.15, 0.2) is 36.4 Å². The van der Waals surface area contributed by atoms with Crippen LogP contribution in [0, 0.1) is 12.3 Å². The molecule has 27 heavy (non-hydrogen) atoms. The molecule has 0 spiro atoms. The molecule has 6 nitrogen and oxygen atoms in total. The summed E-state index contributed by atoms with van der Waals surface area (Å²) in [6.07, 6.45) is 0. The topological polar surface area (TPSA) is 76.7 Å². The maximum Gasteiger partial charge on any atom is 0.255 e. The van der Waals surface area contributed by atoms with Crippen LogP contribution >= 0.6 is 0 Å². The first-order valence-corrected chi connectivity index (χ1v) is 8.61. The molecule has 0 aliphatic carbocycles. The van der Waals surface area contributed by atoms with Crippen LogP contribution in [0.4, 0.5) is 11.4 Å². The van der Waals surface area contributed by atoms with Crippen LogP contribution in [-0.2, 0) is 4.79 Å². The molecule has 2 rings (SSSR count). The van der Waals surface area contributed by atoms with Gasteiger partial charge in [0.25, 0.3) is 5.91 Å². The van der Waals surface area contributed by atoms with E-state index in [2.05, 4.69) is 10.6 Å². The summed E-state index contributed by atoms with van der Waals surface area (Å²) < 4.78 is 10.6. The van der Waals surface area contributed by atoms with Crippen LogP contribution in [0.1, 0.15) is 36.7 Å². The van der Waals surface area contributed by atoms with Crippen molar-refractivity contribution in [1.29, 1.82) is 0 Å². The smallest absolute Gasteiger partial charge is 0.255 e. The lowest BCUT2D eigenvalue weighted by Crippen LogP contribution is -2.27. The number of carbonyl (C=O) groups is 2. The van der Waals surface area contributed by atoms with Gasteiger partial charge in [-0.25, -0.2) is 0 Å². The van der Waals surface area contributed by atoms with Crippen LogP contribution in [0.3, 0.4) is 0 Å². The van der Waals surface area contributed by atoms with Crippen molar-refractivity contribution in [3.63, 3.8) is 0 Å². The monoisotopic (exact) mass is 370 g/mol. The number of nitrogens with one attached hydrogen (secondary N) is 2. The average Bonchev–Trinajstić information content (AvgIpc) is 2.62. The Morgan fingerprint density at radius 2 is 1.56 bits per heavy atom. The van der Waals surface area contributed by atoms with Gasteiger partial charge in [-0.05, 0) is 36.8 Å². The van der Waals surface area contributed by atoms with E-state index in [1.807, 2.05) is 27.7 Å². The summed E-state index contributed by atoms with van der Waals surface area (Å²) in [7, 11) is 3.10. The molecule has 0 saturated heterocycles. The highest BCUT2D eigenvalue weighted by molar-refractivity contribution is 6.06. The van der Waals surface area contributed by atoms with Crippen molar-refractivity contribution >= 4 is 23.2 Å². The molecule has 0 fully saturated rings. The molecule has 2 aromatic carbocycles. The highest BCUT2D eigenvalue weighted by atomic mass is 16.5. The van der Waals surface area contributed by atoms with Gasteiger partial charge in [0.1, 0.15) is 0 Å². The molecule has 0 aliphatic heterocycles. The summed E-state index contributed by atoms with van der Waals surface area (Å²) >= 11 is 0. The fourth-order valence-electron chi connectivity index (χ4n) is 2.37. The van der Waals surface area contributed by atoms with E-state index < -0.39 is 5.41 Å². The van der Waals surface area contributed by atoms with Crippen LogP contribution in [0.5, 0.6) is 11.5 Å². The van der Waals surface area contributed by atoms with Gasteiger partial charge in [0.05, 0.1) is 14.2 Å². The molecule has 0 unspecified atom stereocenters. The van der Waals surface area contributed by atoms with Crippen LogP contribution in [0.2, 0.25) is 0 Å². The van der Waals surface area contributed by atoms with Crippen molar-refractivity contribution < 1.29 is 19.1 Å². The zero-order valence-corrected chi connectivity index (χ0v) is 16.6. The first-order valence-electron chi connectivity index (χ1n) is 8.61. The van der Waals surface area contributed by atoms with Gasteiger partial charge in [0, 0.05) is 28.4 Å². The van der Waals surface area contributed by atoms with Gasteiger partial charge in [-0.3, -0.25) is 9.59 Å². The Morgan fingerprint density at radius 3 is 2.15 bits per heavy atom. The first kappa shape index (κ1) is 20.3.